The molecule has 104 valence electrons. The van der Waals surface area contributed by atoms with Crippen LogP contribution in [0, 0.1) is 11.2 Å². The molecule has 1 aromatic rings. The van der Waals surface area contributed by atoms with Crippen LogP contribution in [0.1, 0.15) is 36.0 Å². The number of halogens is 3. The fourth-order valence-electron chi connectivity index (χ4n) is 2.52. The number of hydrogen-bond donors (Lipinski definition) is 1. The fourth-order valence-corrected chi connectivity index (χ4v) is 3.53. The summed E-state index contributed by atoms with van der Waals surface area (Å²) in [6.07, 6.45) is 4.66. The Hall–Kier alpha value is -0.610. The summed E-state index contributed by atoms with van der Waals surface area (Å²) in [7, 11) is 0. The van der Waals surface area contributed by atoms with Crippen LogP contribution in [-0.2, 0) is 0 Å². The standard InChI is InChI=1S/C14H16BrClFNO/c15-8-14(5-1-2-6-14)9-18-13(19)11-4-3-10(17)7-12(11)16/h3-4,7H,1-2,5-6,8-9H2,(H,18,19). The van der Waals surface area contributed by atoms with E-state index in [1.807, 2.05) is 0 Å². The molecule has 2 nitrogen and oxygen atoms in total. The van der Waals surface area contributed by atoms with Crippen molar-refractivity contribution in [1.82, 2.24) is 5.32 Å². The third-order valence-electron chi connectivity index (χ3n) is 3.75. The molecule has 0 heterocycles. The summed E-state index contributed by atoms with van der Waals surface area (Å²) in [5.41, 5.74) is 0.480. The first-order chi connectivity index (χ1) is 9.06. The van der Waals surface area contributed by atoms with E-state index in [4.69, 9.17) is 11.6 Å². The number of nitrogens with one attached hydrogen (secondary N) is 1. The van der Waals surface area contributed by atoms with Gasteiger partial charge in [0.05, 0.1) is 10.6 Å². The van der Waals surface area contributed by atoms with E-state index < -0.39 is 5.82 Å². The minimum Gasteiger partial charge on any atom is -0.351 e. The molecule has 0 atom stereocenters. The van der Waals surface area contributed by atoms with Crippen molar-refractivity contribution in [2.24, 2.45) is 5.41 Å². The highest BCUT2D eigenvalue weighted by Crippen LogP contribution is 2.39. The van der Waals surface area contributed by atoms with Crippen LogP contribution >= 0.6 is 27.5 Å². The molecule has 1 amide bonds. The molecule has 1 aliphatic carbocycles. The first kappa shape index (κ1) is 14.8. The number of hydrogen-bond acceptors (Lipinski definition) is 1. The molecule has 0 aliphatic heterocycles. The molecule has 1 aliphatic rings. The normalized spacial score (nSPS) is 17.4. The third-order valence-corrected chi connectivity index (χ3v) is 5.25. The smallest absolute Gasteiger partial charge is 0.252 e. The molecule has 0 bridgehead atoms. The quantitative estimate of drug-likeness (QED) is 0.813. The van der Waals surface area contributed by atoms with Gasteiger partial charge >= 0.3 is 0 Å². The number of carbonyl (C=O) groups is 1. The SMILES string of the molecule is O=C(NCC1(CBr)CCCC1)c1ccc(F)cc1Cl. The summed E-state index contributed by atoms with van der Waals surface area (Å²) < 4.78 is 12.9. The zero-order valence-corrected chi connectivity index (χ0v) is 12.9. The van der Waals surface area contributed by atoms with Gasteiger partial charge in [0, 0.05) is 11.9 Å². The Labute approximate surface area is 125 Å². The maximum Gasteiger partial charge on any atom is 0.252 e. The Bertz CT molecular complexity index is 475. The molecule has 1 saturated carbocycles. The van der Waals surface area contributed by atoms with E-state index in [-0.39, 0.29) is 16.3 Å². The lowest BCUT2D eigenvalue weighted by Crippen LogP contribution is -2.37. The van der Waals surface area contributed by atoms with Crippen LogP contribution in [0.5, 0.6) is 0 Å². The van der Waals surface area contributed by atoms with Crippen molar-refractivity contribution in [3.8, 4) is 0 Å². The summed E-state index contributed by atoms with van der Waals surface area (Å²) in [5, 5.41) is 3.95. The van der Waals surface area contributed by atoms with Crippen molar-refractivity contribution >= 4 is 33.4 Å². The Balaban J connectivity index is 2.01. The van der Waals surface area contributed by atoms with Crippen molar-refractivity contribution in [2.45, 2.75) is 25.7 Å². The molecule has 0 aromatic heterocycles. The van der Waals surface area contributed by atoms with Crippen LogP contribution in [0.3, 0.4) is 0 Å². The van der Waals surface area contributed by atoms with Gasteiger partial charge in [-0.2, -0.15) is 0 Å². The Kier molecular flexibility index (Phi) is 4.85. The van der Waals surface area contributed by atoms with Gasteiger partial charge in [-0.15, -0.1) is 0 Å². The predicted octanol–water partition coefficient (Wildman–Crippen LogP) is 4.16. The van der Waals surface area contributed by atoms with Gasteiger partial charge in [0.1, 0.15) is 5.82 Å². The summed E-state index contributed by atoms with van der Waals surface area (Å²) in [4.78, 5) is 12.1. The molecule has 0 radical (unpaired) electrons. The van der Waals surface area contributed by atoms with Crippen LogP contribution in [0.2, 0.25) is 5.02 Å². The van der Waals surface area contributed by atoms with Gasteiger partial charge in [0.2, 0.25) is 0 Å². The number of rotatable bonds is 4. The van der Waals surface area contributed by atoms with Gasteiger partial charge in [-0.05, 0) is 36.5 Å². The van der Waals surface area contributed by atoms with Crippen molar-refractivity contribution in [3.05, 3.63) is 34.6 Å². The molecule has 5 heteroatoms. The average molecular weight is 349 g/mol. The number of benzene rings is 1. The molecule has 1 aromatic carbocycles. The lowest BCUT2D eigenvalue weighted by Gasteiger charge is -2.26. The highest BCUT2D eigenvalue weighted by molar-refractivity contribution is 9.09. The Morgan fingerprint density at radius 2 is 2.11 bits per heavy atom. The van der Waals surface area contributed by atoms with E-state index in [0.29, 0.717) is 12.1 Å². The molecule has 2 rings (SSSR count). The monoisotopic (exact) mass is 347 g/mol. The maximum atomic E-state index is 12.9. The summed E-state index contributed by atoms with van der Waals surface area (Å²) in [5.74, 6) is -0.675. The van der Waals surface area contributed by atoms with Crippen molar-refractivity contribution in [1.29, 1.82) is 0 Å². The van der Waals surface area contributed by atoms with Crippen LogP contribution < -0.4 is 5.32 Å². The number of amides is 1. The van der Waals surface area contributed by atoms with Crippen molar-refractivity contribution in [3.63, 3.8) is 0 Å². The van der Waals surface area contributed by atoms with Gasteiger partial charge in [-0.1, -0.05) is 40.4 Å². The van der Waals surface area contributed by atoms with Crippen LogP contribution in [0.4, 0.5) is 4.39 Å². The van der Waals surface area contributed by atoms with Crippen molar-refractivity contribution < 1.29 is 9.18 Å². The highest BCUT2D eigenvalue weighted by atomic mass is 79.9. The third kappa shape index (κ3) is 3.48. The largest absolute Gasteiger partial charge is 0.351 e. The predicted molar refractivity (Wildman–Crippen MR) is 78.4 cm³/mol. The first-order valence-corrected chi connectivity index (χ1v) is 7.85. The summed E-state index contributed by atoms with van der Waals surface area (Å²) in [6, 6.07) is 3.82. The van der Waals surface area contributed by atoms with E-state index >= 15 is 0 Å². The molecule has 1 N–H and O–H groups in total. The second kappa shape index (κ2) is 6.23. The zero-order valence-electron chi connectivity index (χ0n) is 10.5. The average Bonchev–Trinajstić information content (AvgIpc) is 2.85. The zero-order chi connectivity index (χ0) is 13.9. The lowest BCUT2D eigenvalue weighted by molar-refractivity contribution is 0.0935. The van der Waals surface area contributed by atoms with Gasteiger partial charge in [0.25, 0.3) is 5.91 Å². The number of carbonyl (C=O) groups excluding carboxylic acids is 1. The lowest BCUT2D eigenvalue weighted by atomic mass is 9.89. The van der Waals surface area contributed by atoms with Crippen molar-refractivity contribution in [2.75, 3.05) is 11.9 Å². The fraction of sp³-hybridized carbons (Fsp3) is 0.500. The molecule has 1 fully saturated rings. The van der Waals surface area contributed by atoms with E-state index in [1.54, 1.807) is 0 Å². The van der Waals surface area contributed by atoms with Gasteiger partial charge < -0.3 is 5.32 Å². The van der Waals surface area contributed by atoms with Gasteiger partial charge in [0.15, 0.2) is 0 Å². The maximum absolute atomic E-state index is 12.9. The Morgan fingerprint density at radius 3 is 2.68 bits per heavy atom. The van der Waals surface area contributed by atoms with Crippen LogP contribution in [0.15, 0.2) is 18.2 Å². The van der Waals surface area contributed by atoms with E-state index in [1.165, 1.54) is 25.0 Å². The molecular weight excluding hydrogens is 333 g/mol. The van der Waals surface area contributed by atoms with E-state index in [0.717, 1.165) is 24.2 Å². The minimum atomic E-state index is -0.436. The molecular formula is C14H16BrClFNO. The molecule has 19 heavy (non-hydrogen) atoms. The summed E-state index contributed by atoms with van der Waals surface area (Å²) >= 11 is 9.42. The van der Waals surface area contributed by atoms with E-state index in [9.17, 15) is 9.18 Å². The van der Waals surface area contributed by atoms with Crippen LogP contribution in [-0.4, -0.2) is 17.8 Å². The topological polar surface area (TPSA) is 29.1 Å². The summed E-state index contributed by atoms with van der Waals surface area (Å²) in [6.45, 7) is 0.630. The van der Waals surface area contributed by atoms with Crippen LogP contribution in [0.25, 0.3) is 0 Å². The molecule has 0 unspecified atom stereocenters. The molecule has 0 spiro atoms. The second-order valence-corrected chi connectivity index (χ2v) is 6.12. The first-order valence-electron chi connectivity index (χ1n) is 6.36. The molecule has 0 saturated heterocycles. The minimum absolute atomic E-state index is 0.150. The van der Waals surface area contributed by atoms with Gasteiger partial charge in [-0.25, -0.2) is 4.39 Å². The second-order valence-electron chi connectivity index (χ2n) is 5.15. The number of alkyl halides is 1. The highest BCUT2D eigenvalue weighted by Gasteiger charge is 2.33. The Morgan fingerprint density at radius 1 is 1.42 bits per heavy atom. The van der Waals surface area contributed by atoms with E-state index in [2.05, 4.69) is 21.2 Å². The van der Waals surface area contributed by atoms with Gasteiger partial charge in [-0.3, -0.25) is 4.79 Å².